The fourth-order valence-corrected chi connectivity index (χ4v) is 1.63. The van der Waals surface area contributed by atoms with E-state index in [0.29, 0.717) is 0 Å². The number of amides is 1. The van der Waals surface area contributed by atoms with E-state index in [9.17, 15) is 4.79 Å². The van der Waals surface area contributed by atoms with Gasteiger partial charge in [-0.15, -0.1) is 0 Å². The number of carbonyl (C=O) groups is 1. The Bertz CT molecular complexity index is 540. The van der Waals surface area contributed by atoms with Crippen molar-refractivity contribution in [1.82, 2.24) is 4.98 Å². The number of carbonyl (C=O) groups excluding carboxylic acids is 1. The minimum absolute atomic E-state index is 0.296. The molecule has 4 heteroatoms. The molecular formula is C14H15N3O. The molecule has 0 saturated heterocycles. The van der Waals surface area contributed by atoms with Gasteiger partial charge in [-0.05, 0) is 36.8 Å². The number of rotatable bonds is 4. The standard InChI is InChI=1S/C14H15N3O/c1-10(14(15)18)11-5-4-6-12(9-11)17-13-7-2-3-8-16-13/h2-10H,1H3,(H2,15,18)(H,16,17). The highest BCUT2D eigenvalue weighted by atomic mass is 16.1. The van der Waals surface area contributed by atoms with Crippen molar-refractivity contribution < 1.29 is 4.79 Å². The molecule has 0 spiro atoms. The first-order valence-corrected chi connectivity index (χ1v) is 5.74. The lowest BCUT2D eigenvalue weighted by Gasteiger charge is -2.10. The van der Waals surface area contributed by atoms with E-state index in [4.69, 9.17) is 5.73 Å². The molecule has 4 nitrogen and oxygen atoms in total. The Labute approximate surface area is 106 Å². The predicted octanol–water partition coefficient (Wildman–Crippen LogP) is 2.41. The van der Waals surface area contributed by atoms with Gasteiger partial charge in [0.1, 0.15) is 5.82 Å². The Morgan fingerprint density at radius 3 is 2.78 bits per heavy atom. The predicted molar refractivity (Wildman–Crippen MR) is 71.6 cm³/mol. The van der Waals surface area contributed by atoms with Crippen molar-refractivity contribution in [1.29, 1.82) is 0 Å². The molecule has 0 aliphatic rings. The zero-order chi connectivity index (χ0) is 13.0. The van der Waals surface area contributed by atoms with E-state index in [1.54, 1.807) is 13.1 Å². The molecule has 1 aromatic heterocycles. The summed E-state index contributed by atoms with van der Waals surface area (Å²) in [6.07, 6.45) is 1.72. The Morgan fingerprint density at radius 2 is 2.11 bits per heavy atom. The molecule has 0 aliphatic carbocycles. The van der Waals surface area contributed by atoms with Gasteiger partial charge in [-0.2, -0.15) is 0 Å². The lowest BCUT2D eigenvalue weighted by molar-refractivity contribution is -0.119. The molecule has 0 saturated carbocycles. The highest BCUT2D eigenvalue weighted by molar-refractivity contribution is 5.81. The summed E-state index contributed by atoms with van der Waals surface area (Å²) in [6.45, 7) is 1.79. The summed E-state index contributed by atoms with van der Waals surface area (Å²) in [5.74, 6) is 0.141. The Kier molecular flexibility index (Phi) is 3.57. The summed E-state index contributed by atoms with van der Waals surface area (Å²) in [4.78, 5) is 15.3. The van der Waals surface area contributed by atoms with Gasteiger partial charge in [0.05, 0.1) is 5.92 Å². The third-order valence-electron chi connectivity index (χ3n) is 2.75. The van der Waals surface area contributed by atoms with Crippen molar-refractivity contribution in [2.24, 2.45) is 5.73 Å². The Hall–Kier alpha value is -2.36. The van der Waals surface area contributed by atoms with Crippen LogP contribution in [0.4, 0.5) is 11.5 Å². The fourth-order valence-electron chi connectivity index (χ4n) is 1.63. The van der Waals surface area contributed by atoms with Crippen LogP contribution in [0, 0.1) is 0 Å². The number of benzene rings is 1. The van der Waals surface area contributed by atoms with Gasteiger partial charge >= 0.3 is 0 Å². The van der Waals surface area contributed by atoms with E-state index in [1.807, 2.05) is 42.5 Å². The fraction of sp³-hybridized carbons (Fsp3) is 0.143. The summed E-state index contributed by atoms with van der Waals surface area (Å²) in [7, 11) is 0. The van der Waals surface area contributed by atoms with E-state index >= 15 is 0 Å². The number of hydrogen-bond donors (Lipinski definition) is 2. The van der Waals surface area contributed by atoms with Crippen molar-refractivity contribution in [3.8, 4) is 0 Å². The summed E-state index contributed by atoms with van der Waals surface area (Å²) >= 11 is 0. The van der Waals surface area contributed by atoms with Gasteiger partial charge in [-0.25, -0.2) is 4.98 Å². The molecule has 0 bridgehead atoms. The van der Waals surface area contributed by atoms with Gasteiger partial charge in [0.25, 0.3) is 0 Å². The number of nitrogens with one attached hydrogen (secondary N) is 1. The van der Waals surface area contributed by atoms with Crippen molar-refractivity contribution in [2.75, 3.05) is 5.32 Å². The number of nitrogens with zero attached hydrogens (tertiary/aromatic N) is 1. The first kappa shape index (κ1) is 12.1. The molecule has 1 amide bonds. The highest BCUT2D eigenvalue weighted by Gasteiger charge is 2.11. The van der Waals surface area contributed by atoms with Crippen LogP contribution in [-0.4, -0.2) is 10.9 Å². The second-order valence-corrected chi connectivity index (χ2v) is 4.09. The maximum absolute atomic E-state index is 11.2. The molecule has 1 atom stereocenters. The van der Waals surface area contributed by atoms with E-state index in [-0.39, 0.29) is 11.8 Å². The van der Waals surface area contributed by atoms with Crippen LogP contribution in [0.1, 0.15) is 18.4 Å². The van der Waals surface area contributed by atoms with Gasteiger partial charge in [0.2, 0.25) is 5.91 Å². The Morgan fingerprint density at radius 1 is 1.28 bits per heavy atom. The monoisotopic (exact) mass is 241 g/mol. The second-order valence-electron chi connectivity index (χ2n) is 4.09. The topological polar surface area (TPSA) is 68.0 Å². The average molecular weight is 241 g/mol. The lowest BCUT2D eigenvalue weighted by Crippen LogP contribution is -2.18. The smallest absolute Gasteiger partial charge is 0.224 e. The molecule has 0 fully saturated rings. The van der Waals surface area contributed by atoms with Crippen LogP contribution in [0.2, 0.25) is 0 Å². The Balaban J connectivity index is 2.20. The van der Waals surface area contributed by atoms with E-state index in [0.717, 1.165) is 17.1 Å². The molecular weight excluding hydrogens is 226 g/mol. The van der Waals surface area contributed by atoms with Crippen molar-refractivity contribution in [3.63, 3.8) is 0 Å². The molecule has 3 N–H and O–H groups in total. The summed E-state index contributed by atoms with van der Waals surface area (Å²) < 4.78 is 0. The molecule has 2 rings (SSSR count). The van der Waals surface area contributed by atoms with Crippen molar-refractivity contribution in [2.45, 2.75) is 12.8 Å². The largest absolute Gasteiger partial charge is 0.369 e. The number of nitrogens with two attached hydrogens (primary N) is 1. The highest BCUT2D eigenvalue weighted by Crippen LogP contribution is 2.21. The van der Waals surface area contributed by atoms with Gasteiger partial charge in [0, 0.05) is 11.9 Å². The zero-order valence-corrected chi connectivity index (χ0v) is 10.1. The van der Waals surface area contributed by atoms with Gasteiger partial charge in [-0.1, -0.05) is 18.2 Å². The average Bonchev–Trinajstić information content (AvgIpc) is 2.39. The zero-order valence-electron chi connectivity index (χ0n) is 10.1. The first-order valence-electron chi connectivity index (χ1n) is 5.74. The molecule has 92 valence electrons. The minimum atomic E-state index is -0.329. The van der Waals surface area contributed by atoms with Crippen LogP contribution >= 0.6 is 0 Å². The van der Waals surface area contributed by atoms with E-state index in [2.05, 4.69) is 10.3 Å². The molecule has 1 aromatic carbocycles. The number of hydrogen-bond acceptors (Lipinski definition) is 3. The number of pyridine rings is 1. The number of primary amides is 1. The van der Waals surface area contributed by atoms with Crippen LogP contribution in [0.25, 0.3) is 0 Å². The second kappa shape index (κ2) is 5.31. The van der Waals surface area contributed by atoms with Crippen molar-refractivity contribution >= 4 is 17.4 Å². The lowest BCUT2D eigenvalue weighted by atomic mass is 10.0. The van der Waals surface area contributed by atoms with Crippen molar-refractivity contribution in [3.05, 3.63) is 54.2 Å². The molecule has 18 heavy (non-hydrogen) atoms. The van der Waals surface area contributed by atoms with Crippen LogP contribution in [0.5, 0.6) is 0 Å². The maximum Gasteiger partial charge on any atom is 0.224 e. The summed E-state index contributed by atoms with van der Waals surface area (Å²) in [5.41, 5.74) is 7.08. The third-order valence-corrected chi connectivity index (χ3v) is 2.75. The van der Waals surface area contributed by atoms with Crippen LogP contribution in [-0.2, 0) is 4.79 Å². The molecule has 1 heterocycles. The van der Waals surface area contributed by atoms with E-state index < -0.39 is 0 Å². The van der Waals surface area contributed by atoms with Crippen LogP contribution in [0.3, 0.4) is 0 Å². The first-order chi connectivity index (χ1) is 8.66. The maximum atomic E-state index is 11.2. The number of aromatic nitrogens is 1. The molecule has 0 aliphatic heterocycles. The SMILES string of the molecule is CC(C(N)=O)c1cccc(Nc2ccccn2)c1. The minimum Gasteiger partial charge on any atom is -0.369 e. The quantitative estimate of drug-likeness (QED) is 0.863. The normalized spacial score (nSPS) is 11.8. The summed E-state index contributed by atoms with van der Waals surface area (Å²) in [6, 6.07) is 13.3. The molecule has 2 aromatic rings. The van der Waals surface area contributed by atoms with Gasteiger partial charge in [0.15, 0.2) is 0 Å². The summed E-state index contributed by atoms with van der Waals surface area (Å²) in [5, 5.41) is 3.17. The van der Waals surface area contributed by atoms with Gasteiger partial charge in [-0.3, -0.25) is 4.79 Å². The van der Waals surface area contributed by atoms with Crippen LogP contribution in [0.15, 0.2) is 48.7 Å². The molecule has 1 unspecified atom stereocenters. The molecule has 0 radical (unpaired) electrons. The third kappa shape index (κ3) is 2.85. The van der Waals surface area contributed by atoms with Gasteiger partial charge < -0.3 is 11.1 Å². The number of anilines is 2. The van der Waals surface area contributed by atoms with E-state index in [1.165, 1.54) is 0 Å². The van der Waals surface area contributed by atoms with Crippen LogP contribution < -0.4 is 11.1 Å².